The number of aliphatic carboxylic acids is 1. The van der Waals surface area contributed by atoms with E-state index in [0.29, 0.717) is 25.9 Å². The first-order chi connectivity index (χ1) is 8.08. The second-order valence-electron chi connectivity index (χ2n) is 4.85. The molecule has 1 aliphatic heterocycles. The van der Waals surface area contributed by atoms with Crippen LogP contribution in [0.25, 0.3) is 0 Å². The van der Waals surface area contributed by atoms with E-state index in [2.05, 4.69) is 0 Å². The van der Waals surface area contributed by atoms with Crippen LogP contribution < -0.4 is 5.73 Å². The molecular formula is C12H18N2O3. The SMILES string of the molecule is NC1C=CC(C(=O)N2CCC[C@@H](C(=O)O)C2)C1. The highest BCUT2D eigenvalue weighted by Crippen LogP contribution is 2.23. The normalized spacial score (nSPS) is 32.8. The van der Waals surface area contributed by atoms with Crippen LogP contribution in [0.5, 0.6) is 0 Å². The first-order valence-corrected chi connectivity index (χ1v) is 6.03. The Morgan fingerprint density at radius 3 is 2.71 bits per heavy atom. The van der Waals surface area contributed by atoms with Gasteiger partial charge in [-0.15, -0.1) is 0 Å². The Hall–Kier alpha value is -1.36. The summed E-state index contributed by atoms with van der Waals surface area (Å²) in [7, 11) is 0. The highest BCUT2D eigenvalue weighted by Gasteiger charge is 2.32. The number of piperidine rings is 1. The molecule has 94 valence electrons. The van der Waals surface area contributed by atoms with Gasteiger partial charge in [-0.25, -0.2) is 0 Å². The molecule has 1 saturated heterocycles. The third-order valence-electron chi connectivity index (χ3n) is 3.52. The lowest BCUT2D eigenvalue weighted by Gasteiger charge is -2.32. The van der Waals surface area contributed by atoms with Crippen molar-refractivity contribution in [1.82, 2.24) is 4.90 Å². The summed E-state index contributed by atoms with van der Waals surface area (Å²) in [5.41, 5.74) is 5.72. The first-order valence-electron chi connectivity index (χ1n) is 6.03. The molecule has 2 unspecified atom stereocenters. The third kappa shape index (κ3) is 2.66. The van der Waals surface area contributed by atoms with Crippen molar-refractivity contribution in [3.8, 4) is 0 Å². The van der Waals surface area contributed by atoms with Gasteiger partial charge in [-0.2, -0.15) is 0 Å². The second-order valence-corrected chi connectivity index (χ2v) is 4.85. The van der Waals surface area contributed by atoms with Crippen LogP contribution in [0.4, 0.5) is 0 Å². The molecule has 2 aliphatic rings. The van der Waals surface area contributed by atoms with Crippen molar-refractivity contribution in [2.45, 2.75) is 25.3 Å². The molecule has 1 fully saturated rings. The van der Waals surface area contributed by atoms with Crippen molar-refractivity contribution in [3.05, 3.63) is 12.2 Å². The van der Waals surface area contributed by atoms with Gasteiger partial charge in [-0.05, 0) is 19.3 Å². The summed E-state index contributed by atoms with van der Waals surface area (Å²) in [4.78, 5) is 24.7. The lowest BCUT2D eigenvalue weighted by molar-refractivity contribution is -0.146. The van der Waals surface area contributed by atoms with Crippen LogP contribution in [0.3, 0.4) is 0 Å². The molecule has 0 bridgehead atoms. The number of amides is 1. The maximum atomic E-state index is 12.1. The van der Waals surface area contributed by atoms with Gasteiger partial charge in [0.1, 0.15) is 0 Å². The largest absolute Gasteiger partial charge is 0.481 e. The van der Waals surface area contributed by atoms with Gasteiger partial charge < -0.3 is 15.7 Å². The van der Waals surface area contributed by atoms with Crippen molar-refractivity contribution in [2.75, 3.05) is 13.1 Å². The summed E-state index contributed by atoms with van der Waals surface area (Å²) >= 11 is 0. The lowest BCUT2D eigenvalue weighted by atomic mass is 9.96. The highest BCUT2D eigenvalue weighted by atomic mass is 16.4. The number of carboxylic acids is 1. The standard InChI is InChI=1S/C12H18N2O3/c13-10-4-3-8(6-10)11(15)14-5-1-2-9(7-14)12(16)17/h3-4,8-10H,1-2,5-7,13H2,(H,16,17)/t8?,9-,10?/m1/s1. The zero-order valence-corrected chi connectivity index (χ0v) is 9.71. The Balaban J connectivity index is 1.95. The van der Waals surface area contributed by atoms with Crippen LogP contribution in [-0.4, -0.2) is 41.0 Å². The van der Waals surface area contributed by atoms with Gasteiger partial charge in [-0.1, -0.05) is 12.2 Å². The predicted molar refractivity (Wildman–Crippen MR) is 62.2 cm³/mol. The van der Waals surface area contributed by atoms with Crippen molar-refractivity contribution in [1.29, 1.82) is 0 Å². The summed E-state index contributed by atoms with van der Waals surface area (Å²) in [5.74, 6) is -1.34. The summed E-state index contributed by atoms with van der Waals surface area (Å²) in [5, 5.41) is 8.97. The summed E-state index contributed by atoms with van der Waals surface area (Å²) in [6.45, 7) is 1.01. The molecule has 5 heteroatoms. The Kier molecular flexibility index (Phi) is 3.47. The van der Waals surface area contributed by atoms with Crippen LogP contribution in [0.2, 0.25) is 0 Å². The predicted octanol–water partition coefficient (Wildman–Crippen LogP) is 0.213. The van der Waals surface area contributed by atoms with Crippen molar-refractivity contribution < 1.29 is 14.7 Å². The van der Waals surface area contributed by atoms with Crippen molar-refractivity contribution in [2.24, 2.45) is 17.6 Å². The van der Waals surface area contributed by atoms with Crippen molar-refractivity contribution in [3.63, 3.8) is 0 Å². The first kappa shape index (κ1) is 12.1. The van der Waals surface area contributed by atoms with E-state index in [1.54, 1.807) is 4.90 Å². The third-order valence-corrected chi connectivity index (χ3v) is 3.52. The monoisotopic (exact) mass is 238 g/mol. The number of nitrogens with zero attached hydrogens (tertiary/aromatic N) is 1. The maximum Gasteiger partial charge on any atom is 0.308 e. The van der Waals surface area contributed by atoms with Crippen LogP contribution in [0.1, 0.15) is 19.3 Å². The number of carboxylic acid groups (broad SMARTS) is 1. The Morgan fingerprint density at radius 2 is 2.12 bits per heavy atom. The van der Waals surface area contributed by atoms with Gasteiger partial charge in [0.25, 0.3) is 0 Å². The van der Waals surface area contributed by atoms with Gasteiger partial charge in [0, 0.05) is 19.1 Å². The molecule has 0 aromatic rings. The number of likely N-dealkylation sites (tertiary alicyclic amines) is 1. The molecule has 1 amide bonds. The van der Waals surface area contributed by atoms with Crippen LogP contribution in [-0.2, 0) is 9.59 Å². The van der Waals surface area contributed by atoms with Crippen LogP contribution in [0, 0.1) is 11.8 Å². The molecule has 0 saturated carbocycles. The van der Waals surface area contributed by atoms with Gasteiger partial charge in [0.05, 0.1) is 11.8 Å². The van der Waals surface area contributed by atoms with E-state index in [0.717, 1.165) is 6.42 Å². The molecule has 3 atom stereocenters. The second kappa shape index (κ2) is 4.87. The van der Waals surface area contributed by atoms with E-state index in [-0.39, 0.29) is 17.9 Å². The average Bonchev–Trinajstić information content (AvgIpc) is 2.75. The molecule has 5 nitrogen and oxygen atoms in total. The number of nitrogens with two attached hydrogens (primary N) is 1. The molecule has 0 aromatic heterocycles. The van der Waals surface area contributed by atoms with E-state index in [4.69, 9.17) is 10.8 Å². The minimum Gasteiger partial charge on any atom is -0.481 e. The molecule has 1 heterocycles. The fourth-order valence-electron chi connectivity index (χ4n) is 2.52. The number of carbonyl (C=O) groups is 2. The molecule has 0 spiro atoms. The molecule has 3 N–H and O–H groups in total. The number of hydrogen-bond donors (Lipinski definition) is 2. The van der Waals surface area contributed by atoms with E-state index in [9.17, 15) is 9.59 Å². The van der Waals surface area contributed by atoms with Crippen LogP contribution in [0.15, 0.2) is 12.2 Å². The van der Waals surface area contributed by atoms with E-state index in [1.807, 2.05) is 12.2 Å². The molecule has 17 heavy (non-hydrogen) atoms. The molecule has 1 aliphatic carbocycles. The minimum absolute atomic E-state index is 0.0279. The average molecular weight is 238 g/mol. The number of hydrogen-bond acceptors (Lipinski definition) is 3. The van der Waals surface area contributed by atoms with E-state index < -0.39 is 11.9 Å². The fraction of sp³-hybridized carbons (Fsp3) is 0.667. The molecule has 0 aromatic carbocycles. The van der Waals surface area contributed by atoms with E-state index >= 15 is 0 Å². The van der Waals surface area contributed by atoms with Gasteiger partial charge in [0.15, 0.2) is 0 Å². The maximum absolute atomic E-state index is 12.1. The smallest absolute Gasteiger partial charge is 0.308 e. The highest BCUT2D eigenvalue weighted by molar-refractivity contribution is 5.82. The molecule has 2 rings (SSSR count). The molecular weight excluding hydrogens is 220 g/mol. The topological polar surface area (TPSA) is 83.6 Å². The fourth-order valence-corrected chi connectivity index (χ4v) is 2.52. The summed E-state index contributed by atoms with van der Waals surface area (Å²) in [6.07, 6.45) is 5.77. The van der Waals surface area contributed by atoms with Crippen LogP contribution >= 0.6 is 0 Å². The lowest BCUT2D eigenvalue weighted by Crippen LogP contribution is -2.44. The quantitative estimate of drug-likeness (QED) is 0.674. The zero-order chi connectivity index (χ0) is 12.4. The van der Waals surface area contributed by atoms with E-state index in [1.165, 1.54) is 0 Å². The zero-order valence-electron chi connectivity index (χ0n) is 9.71. The van der Waals surface area contributed by atoms with Crippen molar-refractivity contribution >= 4 is 11.9 Å². The van der Waals surface area contributed by atoms with Gasteiger partial charge in [0.2, 0.25) is 5.91 Å². The number of carbonyl (C=O) groups excluding carboxylic acids is 1. The molecule has 0 radical (unpaired) electrons. The summed E-state index contributed by atoms with van der Waals surface area (Å²) < 4.78 is 0. The van der Waals surface area contributed by atoms with Gasteiger partial charge >= 0.3 is 5.97 Å². The Labute approximate surface area is 100 Å². The Morgan fingerprint density at radius 1 is 1.35 bits per heavy atom. The summed E-state index contributed by atoms with van der Waals surface area (Å²) in [6, 6.07) is -0.0380. The number of rotatable bonds is 2. The minimum atomic E-state index is -0.804. The van der Waals surface area contributed by atoms with Gasteiger partial charge in [-0.3, -0.25) is 9.59 Å². The Bertz CT molecular complexity index is 354.